The van der Waals surface area contributed by atoms with E-state index >= 15 is 0 Å². The number of hydrogen-bond acceptors (Lipinski definition) is 3. The molecule has 2 aliphatic rings. The smallest absolute Gasteiger partial charge is 0.0363 e. The third-order valence-electron chi connectivity index (χ3n) is 3.83. The summed E-state index contributed by atoms with van der Waals surface area (Å²) in [4.78, 5) is 2.56. The van der Waals surface area contributed by atoms with Crippen LogP contribution < -0.4 is 5.32 Å². The predicted molar refractivity (Wildman–Crippen MR) is 75.9 cm³/mol. The van der Waals surface area contributed by atoms with Gasteiger partial charge in [0.25, 0.3) is 0 Å². The normalized spacial score (nSPS) is 31.7. The lowest BCUT2D eigenvalue weighted by atomic mass is 9.90. The third kappa shape index (κ3) is 4.68. The van der Waals surface area contributed by atoms with Crippen LogP contribution in [0.25, 0.3) is 0 Å². The van der Waals surface area contributed by atoms with Crippen molar-refractivity contribution in [3.63, 3.8) is 0 Å². The van der Waals surface area contributed by atoms with Crippen LogP contribution >= 0.6 is 0 Å². The molecule has 0 aromatic carbocycles. The van der Waals surface area contributed by atoms with Crippen LogP contribution in [0.15, 0.2) is 0 Å². The van der Waals surface area contributed by atoms with Gasteiger partial charge in [-0.1, -0.05) is 13.8 Å². The molecule has 3 nitrogen and oxygen atoms in total. The SMILES string of the molecule is CC.CNC1CCC(N2CCS(=O)CC2)CC1. The van der Waals surface area contributed by atoms with Gasteiger partial charge < -0.3 is 5.32 Å². The molecule has 0 spiro atoms. The molecule has 0 aromatic heterocycles. The summed E-state index contributed by atoms with van der Waals surface area (Å²) >= 11 is 0. The standard InChI is InChI=1S/C11H22N2OS.C2H6/c1-12-10-2-4-11(5-3-10)13-6-8-15(14)9-7-13;1-2/h10-12H,2-9H2,1H3;1-2H3. The van der Waals surface area contributed by atoms with E-state index in [1.54, 1.807) is 0 Å². The van der Waals surface area contributed by atoms with Crippen molar-refractivity contribution in [1.29, 1.82) is 0 Å². The molecule has 2 fully saturated rings. The third-order valence-corrected chi connectivity index (χ3v) is 5.11. The van der Waals surface area contributed by atoms with E-state index in [0.29, 0.717) is 0 Å². The average molecular weight is 260 g/mol. The van der Waals surface area contributed by atoms with Crippen LogP contribution in [0.4, 0.5) is 0 Å². The van der Waals surface area contributed by atoms with Gasteiger partial charge in [0.05, 0.1) is 0 Å². The van der Waals surface area contributed by atoms with Crippen molar-refractivity contribution in [3.05, 3.63) is 0 Å². The van der Waals surface area contributed by atoms with E-state index in [-0.39, 0.29) is 0 Å². The Balaban J connectivity index is 0.000000686. The molecule has 1 saturated carbocycles. The minimum atomic E-state index is -0.528. The van der Waals surface area contributed by atoms with Crippen LogP contribution in [0.3, 0.4) is 0 Å². The van der Waals surface area contributed by atoms with E-state index in [2.05, 4.69) is 17.3 Å². The lowest BCUT2D eigenvalue weighted by Gasteiger charge is -2.38. The summed E-state index contributed by atoms with van der Waals surface area (Å²) in [7, 11) is 1.54. The summed E-state index contributed by atoms with van der Waals surface area (Å²) in [6.45, 7) is 6.11. The van der Waals surface area contributed by atoms with Crippen molar-refractivity contribution in [1.82, 2.24) is 10.2 Å². The van der Waals surface area contributed by atoms with Gasteiger partial charge in [0.2, 0.25) is 0 Å². The van der Waals surface area contributed by atoms with Crippen molar-refractivity contribution in [3.8, 4) is 0 Å². The summed E-state index contributed by atoms with van der Waals surface area (Å²) in [5.41, 5.74) is 0. The zero-order chi connectivity index (χ0) is 12.7. The molecule has 0 amide bonds. The largest absolute Gasteiger partial charge is 0.317 e. The maximum atomic E-state index is 11.3. The molecule has 0 bridgehead atoms. The summed E-state index contributed by atoms with van der Waals surface area (Å²) in [5.74, 6) is 1.79. The first-order chi connectivity index (χ1) is 8.29. The van der Waals surface area contributed by atoms with E-state index in [1.807, 2.05) is 13.8 Å². The Kier molecular flexibility index (Phi) is 7.32. The van der Waals surface area contributed by atoms with Gasteiger partial charge in [-0.3, -0.25) is 9.11 Å². The molecule has 0 radical (unpaired) electrons. The number of rotatable bonds is 2. The lowest BCUT2D eigenvalue weighted by molar-refractivity contribution is 0.157. The van der Waals surface area contributed by atoms with E-state index in [4.69, 9.17) is 0 Å². The molecule has 17 heavy (non-hydrogen) atoms. The fourth-order valence-corrected chi connectivity index (χ4v) is 3.83. The minimum Gasteiger partial charge on any atom is -0.317 e. The molecule has 1 N–H and O–H groups in total. The highest BCUT2D eigenvalue weighted by Gasteiger charge is 2.27. The number of nitrogens with zero attached hydrogens (tertiary/aromatic N) is 1. The highest BCUT2D eigenvalue weighted by molar-refractivity contribution is 7.85. The molecule has 1 saturated heterocycles. The van der Waals surface area contributed by atoms with Gasteiger partial charge in [-0.05, 0) is 32.7 Å². The van der Waals surface area contributed by atoms with Crippen molar-refractivity contribution in [2.75, 3.05) is 31.6 Å². The second-order valence-corrected chi connectivity index (χ2v) is 6.37. The topological polar surface area (TPSA) is 32.3 Å². The molecule has 102 valence electrons. The first kappa shape index (κ1) is 15.1. The highest BCUT2D eigenvalue weighted by atomic mass is 32.2. The van der Waals surface area contributed by atoms with Crippen LogP contribution in [0.5, 0.6) is 0 Å². The zero-order valence-corrected chi connectivity index (χ0v) is 12.4. The van der Waals surface area contributed by atoms with Crippen LogP contribution in [-0.2, 0) is 10.8 Å². The summed E-state index contributed by atoms with van der Waals surface area (Å²) < 4.78 is 11.3. The maximum absolute atomic E-state index is 11.3. The fraction of sp³-hybridized carbons (Fsp3) is 1.00. The van der Waals surface area contributed by atoms with Crippen molar-refractivity contribution in [2.24, 2.45) is 0 Å². The molecule has 4 heteroatoms. The molecule has 0 unspecified atom stereocenters. The van der Waals surface area contributed by atoms with Crippen LogP contribution in [0.1, 0.15) is 39.5 Å². The second kappa shape index (κ2) is 8.22. The first-order valence-corrected chi connectivity index (χ1v) is 8.54. The van der Waals surface area contributed by atoms with E-state index in [9.17, 15) is 4.21 Å². The molecule has 0 atom stereocenters. The van der Waals surface area contributed by atoms with Gasteiger partial charge in [-0.2, -0.15) is 0 Å². The van der Waals surface area contributed by atoms with Crippen LogP contribution in [0.2, 0.25) is 0 Å². The summed E-state index contributed by atoms with van der Waals surface area (Å²) in [6, 6.07) is 1.51. The van der Waals surface area contributed by atoms with Crippen LogP contribution in [-0.4, -0.2) is 52.8 Å². The highest BCUT2D eigenvalue weighted by Crippen LogP contribution is 2.23. The Labute approximate surface area is 109 Å². The van der Waals surface area contributed by atoms with Gasteiger partial charge in [0.15, 0.2) is 0 Å². The second-order valence-electron chi connectivity index (χ2n) is 4.68. The Morgan fingerprint density at radius 3 is 2.06 bits per heavy atom. The number of hydrogen-bond donors (Lipinski definition) is 1. The van der Waals surface area contributed by atoms with Gasteiger partial charge in [0, 0.05) is 47.5 Å². The van der Waals surface area contributed by atoms with Crippen molar-refractivity contribution < 1.29 is 4.21 Å². The van der Waals surface area contributed by atoms with Gasteiger partial charge in [-0.15, -0.1) is 0 Å². The first-order valence-electron chi connectivity index (χ1n) is 7.06. The minimum absolute atomic E-state index is 0.528. The maximum Gasteiger partial charge on any atom is 0.0363 e. The van der Waals surface area contributed by atoms with E-state index in [0.717, 1.165) is 36.7 Å². The molecule has 2 rings (SSSR count). The molecular formula is C13H28N2OS. The van der Waals surface area contributed by atoms with Gasteiger partial charge in [0.1, 0.15) is 0 Å². The summed E-state index contributed by atoms with van der Waals surface area (Å²) in [6.07, 6.45) is 5.25. The zero-order valence-electron chi connectivity index (χ0n) is 11.6. The van der Waals surface area contributed by atoms with E-state index < -0.39 is 10.8 Å². The molecule has 1 aliphatic heterocycles. The predicted octanol–water partition coefficient (Wildman–Crippen LogP) is 1.61. The lowest BCUT2D eigenvalue weighted by Crippen LogP contribution is -2.47. The molecule has 1 heterocycles. The van der Waals surface area contributed by atoms with Crippen molar-refractivity contribution >= 4 is 10.8 Å². The molecule has 1 aliphatic carbocycles. The van der Waals surface area contributed by atoms with Crippen LogP contribution in [0, 0.1) is 0 Å². The Morgan fingerprint density at radius 2 is 1.59 bits per heavy atom. The fourth-order valence-electron chi connectivity index (χ4n) is 2.75. The quantitative estimate of drug-likeness (QED) is 0.819. The Morgan fingerprint density at radius 1 is 1.06 bits per heavy atom. The van der Waals surface area contributed by atoms with Gasteiger partial charge in [-0.25, -0.2) is 0 Å². The molecule has 0 aromatic rings. The van der Waals surface area contributed by atoms with E-state index in [1.165, 1.54) is 25.7 Å². The molecular weight excluding hydrogens is 232 g/mol. The monoisotopic (exact) mass is 260 g/mol. The van der Waals surface area contributed by atoms with Gasteiger partial charge >= 0.3 is 0 Å². The van der Waals surface area contributed by atoms with Crippen molar-refractivity contribution in [2.45, 2.75) is 51.6 Å². The average Bonchev–Trinajstić information content (AvgIpc) is 2.42. The Hall–Kier alpha value is 0.0700. The Bertz CT molecular complexity index is 217. The number of nitrogens with one attached hydrogen (secondary N) is 1. The summed E-state index contributed by atoms with van der Waals surface area (Å²) in [5, 5.41) is 3.37.